The van der Waals surface area contributed by atoms with Gasteiger partial charge in [0, 0.05) is 24.2 Å². The van der Waals surface area contributed by atoms with E-state index in [2.05, 4.69) is 20.0 Å². The number of rotatable bonds is 2. The van der Waals surface area contributed by atoms with E-state index in [1.807, 2.05) is 0 Å². The predicted molar refractivity (Wildman–Crippen MR) is 84.7 cm³/mol. The third kappa shape index (κ3) is 3.06. The number of piperazine rings is 1. The number of nitrogens with zero attached hydrogens (tertiary/aromatic N) is 4. The molecule has 0 spiro atoms. The van der Waals surface area contributed by atoms with Crippen LogP contribution < -0.4 is 5.32 Å². The zero-order valence-electron chi connectivity index (χ0n) is 14.1. The number of nitrogens with one attached hydrogen (secondary N) is 1. The van der Waals surface area contributed by atoms with Gasteiger partial charge in [0.05, 0.1) is 6.54 Å². The number of halogens is 3. The van der Waals surface area contributed by atoms with Gasteiger partial charge >= 0.3 is 18.1 Å². The average molecular weight is 395 g/mol. The molecule has 4 rings (SSSR count). The molecule has 146 valence electrons. The van der Waals surface area contributed by atoms with Crippen molar-refractivity contribution in [2.75, 3.05) is 19.6 Å². The molecule has 9 nitrogen and oxygen atoms in total. The lowest BCUT2D eigenvalue weighted by molar-refractivity contribution is -0.159. The minimum Gasteiger partial charge on any atom is -0.334 e. The molecule has 2 aromatic rings. The number of hydrogen-bond acceptors (Lipinski definition) is 6. The number of imide groups is 1. The van der Waals surface area contributed by atoms with E-state index in [1.54, 1.807) is 0 Å². The highest BCUT2D eigenvalue weighted by Gasteiger charge is 2.43. The number of fused-ring (bicyclic) bond motifs is 1. The molecule has 1 N–H and O–H groups in total. The SMILES string of the molecule is O=C1NC(=O)N2CCN(C(=O)c3cccc(-c4noc(C(F)(F)F)n4)c3)CC12. The molecule has 4 amide bonds. The van der Waals surface area contributed by atoms with E-state index in [0.717, 1.165) is 0 Å². The van der Waals surface area contributed by atoms with Gasteiger partial charge in [-0.2, -0.15) is 18.2 Å². The molecule has 0 saturated carbocycles. The summed E-state index contributed by atoms with van der Waals surface area (Å²) >= 11 is 0. The van der Waals surface area contributed by atoms with Crippen LogP contribution in [0.15, 0.2) is 28.8 Å². The molecule has 1 atom stereocenters. The minimum absolute atomic E-state index is 0.0288. The van der Waals surface area contributed by atoms with Gasteiger partial charge in [-0.3, -0.25) is 14.9 Å². The van der Waals surface area contributed by atoms with Gasteiger partial charge in [-0.15, -0.1) is 0 Å². The van der Waals surface area contributed by atoms with Crippen LogP contribution in [0, 0.1) is 0 Å². The Balaban J connectivity index is 1.55. The van der Waals surface area contributed by atoms with Gasteiger partial charge in [-0.05, 0) is 12.1 Å². The van der Waals surface area contributed by atoms with Gasteiger partial charge < -0.3 is 14.3 Å². The van der Waals surface area contributed by atoms with Crippen LogP contribution in [0.1, 0.15) is 16.2 Å². The van der Waals surface area contributed by atoms with E-state index < -0.39 is 36.0 Å². The van der Waals surface area contributed by atoms with Gasteiger partial charge in [-0.1, -0.05) is 17.3 Å². The first-order valence-electron chi connectivity index (χ1n) is 8.16. The summed E-state index contributed by atoms with van der Waals surface area (Å²) in [4.78, 5) is 42.3. The number of urea groups is 1. The van der Waals surface area contributed by atoms with Gasteiger partial charge in [0.25, 0.3) is 11.8 Å². The summed E-state index contributed by atoms with van der Waals surface area (Å²) in [6.45, 7) is 0.454. The summed E-state index contributed by atoms with van der Waals surface area (Å²) in [5, 5.41) is 5.49. The smallest absolute Gasteiger partial charge is 0.334 e. The molecule has 0 aliphatic carbocycles. The van der Waals surface area contributed by atoms with Crippen molar-refractivity contribution in [3.63, 3.8) is 0 Å². The Hall–Kier alpha value is -3.44. The fraction of sp³-hybridized carbons (Fsp3) is 0.312. The number of amides is 4. The van der Waals surface area contributed by atoms with Gasteiger partial charge in [0.1, 0.15) is 6.04 Å². The monoisotopic (exact) mass is 395 g/mol. The second-order valence-electron chi connectivity index (χ2n) is 6.26. The largest absolute Gasteiger partial charge is 0.471 e. The first kappa shape index (κ1) is 17.9. The fourth-order valence-corrected chi connectivity index (χ4v) is 3.13. The van der Waals surface area contributed by atoms with Crippen LogP contribution in [0.3, 0.4) is 0 Å². The van der Waals surface area contributed by atoms with Crippen molar-refractivity contribution in [1.82, 2.24) is 25.3 Å². The van der Waals surface area contributed by atoms with Crippen LogP contribution in [0.4, 0.5) is 18.0 Å². The van der Waals surface area contributed by atoms with Crippen molar-refractivity contribution >= 4 is 17.8 Å². The van der Waals surface area contributed by atoms with Crippen LogP contribution in [-0.4, -0.2) is 63.5 Å². The third-order valence-corrected chi connectivity index (χ3v) is 4.50. The predicted octanol–water partition coefficient (Wildman–Crippen LogP) is 1.13. The van der Waals surface area contributed by atoms with Crippen LogP contribution in [-0.2, 0) is 11.0 Å². The van der Waals surface area contributed by atoms with E-state index in [4.69, 9.17) is 0 Å². The van der Waals surface area contributed by atoms with Gasteiger partial charge in [0.2, 0.25) is 5.82 Å². The number of benzene rings is 1. The first-order chi connectivity index (χ1) is 13.2. The average Bonchev–Trinajstić information content (AvgIpc) is 3.27. The Morgan fingerprint density at radius 2 is 2.04 bits per heavy atom. The number of aromatic nitrogens is 2. The molecule has 0 bridgehead atoms. The molecule has 2 saturated heterocycles. The molecule has 12 heteroatoms. The second kappa shape index (κ2) is 6.32. The summed E-state index contributed by atoms with van der Waals surface area (Å²) in [5.41, 5.74) is 0.367. The Morgan fingerprint density at radius 3 is 2.75 bits per heavy atom. The van der Waals surface area contributed by atoms with E-state index >= 15 is 0 Å². The molecule has 0 radical (unpaired) electrons. The molecular formula is C16H12F3N5O4. The van der Waals surface area contributed by atoms with Crippen molar-refractivity contribution < 1.29 is 32.1 Å². The second-order valence-corrected chi connectivity index (χ2v) is 6.26. The molecule has 3 heterocycles. The Bertz CT molecular complexity index is 973. The maximum atomic E-state index is 12.8. The lowest BCUT2D eigenvalue weighted by Gasteiger charge is -2.35. The molecule has 2 aliphatic rings. The zero-order chi connectivity index (χ0) is 20.1. The summed E-state index contributed by atoms with van der Waals surface area (Å²) < 4.78 is 42.1. The van der Waals surface area contributed by atoms with Crippen LogP contribution in [0.25, 0.3) is 11.4 Å². The molecule has 1 unspecified atom stereocenters. The van der Waals surface area contributed by atoms with Crippen molar-refractivity contribution in [1.29, 1.82) is 0 Å². The highest BCUT2D eigenvalue weighted by Crippen LogP contribution is 2.29. The Labute approximate surface area is 155 Å². The van der Waals surface area contributed by atoms with E-state index in [-0.39, 0.29) is 36.6 Å². The number of alkyl halides is 3. The Morgan fingerprint density at radius 1 is 1.25 bits per heavy atom. The molecule has 2 fully saturated rings. The van der Waals surface area contributed by atoms with E-state index in [9.17, 15) is 27.6 Å². The molecule has 1 aromatic carbocycles. The number of hydrogen-bond donors (Lipinski definition) is 1. The Kier molecular flexibility index (Phi) is 4.05. The van der Waals surface area contributed by atoms with E-state index in [0.29, 0.717) is 0 Å². The molecule has 1 aromatic heterocycles. The van der Waals surface area contributed by atoms with Crippen molar-refractivity contribution in [3.05, 3.63) is 35.7 Å². The summed E-state index contributed by atoms with van der Waals surface area (Å²) in [6.07, 6.45) is -4.77. The maximum Gasteiger partial charge on any atom is 0.471 e. The third-order valence-electron chi connectivity index (χ3n) is 4.50. The first-order valence-corrected chi connectivity index (χ1v) is 8.16. The lowest BCUT2D eigenvalue weighted by Crippen LogP contribution is -2.54. The van der Waals surface area contributed by atoms with Crippen molar-refractivity contribution in [2.45, 2.75) is 12.2 Å². The number of carbonyl (C=O) groups is 3. The maximum absolute atomic E-state index is 12.8. The molecular weight excluding hydrogens is 383 g/mol. The van der Waals surface area contributed by atoms with Crippen LogP contribution >= 0.6 is 0 Å². The van der Waals surface area contributed by atoms with Crippen molar-refractivity contribution in [3.8, 4) is 11.4 Å². The topological polar surface area (TPSA) is 109 Å². The van der Waals surface area contributed by atoms with E-state index in [1.165, 1.54) is 34.1 Å². The van der Waals surface area contributed by atoms with Crippen molar-refractivity contribution in [2.24, 2.45) is 0 Å². The van der Waals surface area contributed by atoms with Crippen LogP contribution in [0.5, 0.6) is 0 Å². The quantitative estimate of drug-likeness (QED) is 0.764. The standard InChI is InChI=1S/C16H12F3N5O4/c17-16(18,19)14-20-11(22-28-14)8-2-1-3-9(6-8)13(26)23-4-5-24-10(7-23)12(25)21-15(24)27/h1-3,6,10H,4-5,7H2,(H,21,25,27). The highest BCUT2D eigenvalue weighted by molar-refractivity contribution is 6.05. The van der Waals surface area contributed by atoms with Gasteiger partial charge in [0.15, 0.2) is 0 Å². The fourth-order valence-electron chi connectivity index (χ4n) is 3.13. The minimum atomic E-state index is -4.77. The lowest BCUT2D eigenvalue weighted by atomic mass is 10.1. The van der Waals surface area contributed by atoms with Crippen LogP contribution in [0.2, 0.25) is 0 Å². The molecule has 28 heavy (non-hydrogen) atoms. The summed E-state index contributed by atoms with van der Waals surface area (Å²) in [6, 6.07) is 4.53. The molecule has 2 aliphatic heterocycles. The highest BCUT2D eigenvalue weighted by atomic mass is 19.4. The zero-order valence-corrected chi connectivity index (χ0v) is 14.1. The van der Waals surface area contributed by atoms with Gasteiger partial charge in [-0.25, -0.2) is 4.79 Å². The summed E-state index contributed by atoms with van der Waals surface area (Å²) in [5.74, 6) is -2.67. The summed E-state index contributed by atoms with van der Waals surface area (Å²) in [7, 11) is 0. The normalized spacial score (nSPS) is 19.6. The number of carbonyl (C=O) groups excluding carboxylic acids is 3.